The van der Waals surface area contributed by atoms with Gasteiger partial charge in [-0.05, 0) is 46.7 Å². The second kappa shape index (κ2) is 7.85. The first-order valence-electron chi connectivity index (χ1n) is 8.78. The minimum Gasteiger partial charge on any atom is -0.503 e. The number of halogens is 1. The maximum absolute atomic E-state index is 13.2. The Balaban J connectivity index is 1.80. The van der Waals surface area contributed by atoms with Gasteiger partial charge in [-0.3, -0.25) is 0 Å². The van der Waals surface area contributed by atoms with Crippen LogP contribution >= 0.6 is 11.3 Å². The number of hydrogen-bond donors (Lipinski definition) is 1. The second-order valence-electron chi connectivity index (χ2n) is 6.36. The summed E-state index contributed by atoms with van der Waals surface area (Å²) in [7, 11) is 1.42. The molecule has 0 unspecified atom stereocenters. The zero-order chi connectivity index (χ0) is 20.4. The van der Waals surface area contributed by atoms with Crippen LogP contribution in [0.4, 0.5) is 4.39 Å². The second-order valence-corrected chi connectivity index (χ2v) is 7.22. The van der Waals surface area contributed by atoms with Crippen LogP contribution in [-0.2, 0) is 9.53 Å². The Labute approximate surface area is 170 Å². The lowest BCUT2D eigenvalue weighted by Crippen LogP contribution is -2.01. The standard InChI is InChI=1S/C23H16FNO3S/c1-28-12-20(23(26)27)18-4-2-3-14-5-6-16(11-19(14)18)21-13-29-22(25-21)15-7-9-17(24)10-8-15/h2-13H,1H3,(H,26,27). The van der Waals surface area contributed by atoms with Crippen molar-refractivity contribution in [1.29, 1.82) is 0 Å². The van der Waals surface area contributed by atoms with Crippen molar-refractivity contribution < 1.29 is 19.0 Å². The number of methoxy groups -OCH3 is 1. The minimum atomic E-state index is -1.06. The highest BCUT2D eigenvalue weighted by atomic mass is 32.1. The van der Waals surface area contributed by atoms with E-state index in [0.717, 1.165) is 32.6 Å². The van der Waals surface area contributed by atoms with Crippen LogP contribution in [0.1, 0.15) is 5.56 Å². The maximum Gasteiger partial charge on any atom is 0.339 e. The number of aromatic nitrogens is 1. The lowest BCUT2D eigenvalue weighted by molar-refractivity contribution is -0.130. The van der Waals surface area contributed by atoms with E-state index in [0.29, 0.717) is 5.56 Å². The molecule has 144 valence electrons. The number of carboxylic acids is 1. The van der Waals surface area contributed by atoms with Gasteiger partial charge in [0.05, 0.1) is 19.1 Å². The number of carbonyl (C=O) groups is 1. The topological polar surface area (TPSA) is 59.4 Å². The van der Waals surface area contributed by atoms with E-state index in [2.05, 4.69) is 4.98 Å². The first-order chi connectivity index (χ1) is 14.1. The van der Waals surface area contributed by atoms with E-state index in [1.54, 1.807) is 18.2 Å². The Morgan fingerprint density at radius 3 is 2.59 bits per heavy atom. The fraction of sp³-hybridized carbons (Fsp3) is 0.0435. The fourth-order valence-electron chi connectivity index (χ4n) is 3.15. The molecule has 0 saturated heterocycles. The third-order valence-electron chi connectivity index (χ3n) is 4.53. The molecule has 1 N–H and O–H groups in total. The first-order valence-corrected chi connectivity index (χ1v) is 9.66. The van der Waals surface area contributed by atoms with Crippen molar-refractivity contribution in [1.82, 2.24) is 4.98 Å². The summed E-state index contributed by atoms with van der Waals surface area (Å²) >= 11 is 1.47. The molecule has 0 fully saturated rings. The molecule has 1 aromatic heterocycles. The van der Waals surface area contributed by atoms with Gasteiger partial charge in [-0.1, -0.05) is 30.3 Å². The summed E-state index contributed by atoms with van der Waals surface area (Å²) in [6, 6.07) is 17.6. The number of rotatable bonds is 5. The highest BCUT2D eigenvalue weighted by Crippen LogP contribution is 2.33. The molecular formula is C23H16FNO3S. The van der Waals surface area contributed by atoms with Gasteiger partial charge in [-0.2, -0.15) is 0 Å². The molecule has 3 aromatic carbocycles. The number of carboxylic acid groups (broad SMARTS) is 1. The summed E-state index contributed by atoms with van der Waals surface area (Å²) in [6.45, 7) is 0. The van der Waals surface area contributed by atoms with Crippen LogP contribution in [0.15, 0.2) is 72.3 Å². The molecule has 0 bridgehead atoms. The van der Waals surface area contributed by atoms with Crippen LogP contribution < -0.4 is 0 Å². The summed E-state index contributed by atoms with van der Waals surface area (Å²) in [6.07, 6.45) is 1.24. The van der Waals surface area contributed by atoms with Gasteiger partial charge in [0.15, 0.2) is 0 Å². The van der Waals surface area contributed by atoms with Gasteiger partial charge in [0.1, 0.15) is 16.4 Å². The van der Waals surface area contributed by atoms with E-state index in [9.17, 15) is 14.3 Å². The third kappa shape index (κ3) is 3.75. The molecule has 6 heteroatoms. The molecule has 0 amide bonds. The SMILES string of the molecule is COC=C(C(=O)O)c1cccc2ccc(-c3csc(-c4ccc(F)cc4)n3)cc12. The molecule has 0 aliphatic heterocycles. The Hall–Kier alpha value is -3.51. The predicted molar refractivity (Wildman–Crippen MR) is 113 cm³/mol. The molecule has 29 heavy (non-hydrogen) atoms. The number of fused-ring (bicyclic) bond motifs is 1. The Morgan fingerprint density at radius 1 is 1.10 bits per heavy atom. The monoisotopic (exact) mass is 405 g/mol. The van der Waals surface area contributed by atoms with Crippen molar-refractivity contribution in [2.45, 2.75) is 0 Å². The molecule has 4 nitrogen and oxygen atoms in total. The molecule has 0 radical (unpaired) electrons. The van der Waals surface area contributed by atoms with Gasteiger partial charge in [-0.15, -0.1) is 11.3 Å². The number of aliphatic carboxylic acids is 1. The highest BCUT2D eigenvalue weighted by molar-refractivity contribution is 7.13. The predicted octanol–water partition coefficient (Wildman–Crippen LogP) is 5.84. The van der Waals surface area contributed by atoms with Crippen LogP contribution in [0.3, 0.4) is 0 Å². The van der Waals surface area contributed by atoms with Crippen LogP contribution in [0.25, 0.3) is 38.2 Å². The largest absolute Gasteiger partial charge is 0.503 e. The van der Waals surface area contributed by atoms with Crippen molar-refractivity contribution >= 4 is 33.7 Å². The lowest BCUT2D eigenvalue weighted by atomic mass is 9.96. The van der Waals surface area contributed by atoms with Crippen LogP contribution in [-0.4, -0.2) is 23.2 Å². The Morgan fingerprint density at radius 2 is 1.86 bits per heavy atom. The van der Waals surface area contributed by atoms with E-state index >= 15 is 0 Å². The van der Waals surface area contributed by atoms with Gasteiger partial charge in [0.2, 0.25) is 0 Å². The van der Waals surface area contributed by atoms with Crippen molar-refractivity contribution in [3.05, 3.63) is 83.7 Å². The molecule has 0 saturated carbocycles. The molecule has 4 aromatic rings. The molecular weight excluding hydrogens is 389 g/mol. The van der Waals surface area contributed by atoms with E-state index in [1.807, 2.05) is 35.7 Å². The van der Waals surface area contributed by atoms with Crippen LogP contribution in [0.2, 0.25) is 0 Å². The van der Waals surface area contributed by atoms with Crippen molar-refractivity contribution in [3.63, 3.8) is 0 Å². The third-order valence-corrected chi connectivity index (χ3v) is 5.42. The number of benzene rings is 3. The zero-order valence-corrected chi connectivity index (χ0v) is 16.2. The van der Waals surface area contributed by atoms with Gasteiger partial charge in [-0.25, -0.2) is 14.2 Å². The molecule has 0 aliphatic rings. The van der Waals surface area contributed by atoms with E-state index in [4.69, 9.17) is 4.74 Å². The summed E-state index contributed by atoms with van der Waals surface area (Å²) < 4.78 is 18.1. The lowest BCUT2D eigenvalue weighted by Gasteiger charge is -2.09. The van der Waals surface area contributed by atoms with Crippen molar-refractivity contribution in [2.75, 3.05) is 7.11 Å². The first kappa shape index (κ1) is 18.8. The quantitative estimate of drug-likeness (QED) is 0.335. The normalized spacial score (nSPS) is 11.6. The molecule has 4 rings (SSSR count). The molecule has 0 atom stereocenters. The molecule has 1 heterocycles. The molecule has 0 spiro atoms. The highest BCUT2D eigenvalue weighted by Gasteiger charge is 2.15. The number of thiazole rings is 1. The molecule has 0 aliphatic carbocycles. The Bertz CT molecular complexity index is 1230. The van der Waals surface area contributed by atoms with E-state index < -0.39 is 5.97 Å². The number of nitrogens with zero attached hydrogens (tertiary/aromatic N) is 1. The Kier molecular flexibility index (Phi) is 5.10. The minimum absolute atomic E-state index is 0.0838. The summed E-state index contributed by atoms with van der Waals surface area (Å²) in [4.78, 5) is 16.4. The average molecular weight is 405 g/mol. The smallest absolute Gasteiger partial charge is 0.339 e. The van der Waals surface area contributed by atoms with Crippen LogP contribution in [0.5, 0.6) is 0 Å². The van der Waals surface area contributed by atoms with Gasteiger partial charge in [0, 0.05) is 16.5 Å². The number of ether oxygens (including phenoxy) is 1. The summed E-state index contributed by atoms with van der Waals surface area (Å²) in [5, 5.41) is 14.0. The van der Waals surface area contributed by atoms with Crippen molar-refractivity contribution in [3.8, 4) is 21.8 Å². The average Bonchev–Trinajstić information content (AvgIpc) is 3.22. The summed E-state index contributed by atoms with van der Waals surface area (Å²) in [5.41, 5.74) is 3.16. The number of hydrogen-bond acceptors (Lipinski definition) is 4. The van der Waals surface area contributed by atoms with E-state index in [-0.39, 0.29) is 11.4 Å². The van der Waals surface area contributed by atoms with Gasteiger partial charge < -0.3 is 9.84 Å². The summed E-state index contributed by atoms with van der Waals surface area (Å²) in [5.74, 6) is -1.34. The zero-order valence-electron chi connectivity index (χ0n) is 15.4. The van der Waals surface area contributed by atoms with Gasteiger partial charge in [0.25, 0.3) is 0 Å². The van der Waals surface area contributed by atoms with Crippen LogP contribution in [0, 0.1) is 5.82 Å². The van der Waals surface area contributed by atoms with E-state index in [1.165, 1.54) is 36.8 Å². The van der Waals surface area contributed by atoms with Crippen molar-refractivity contribution in [2.24, 2.45) is 0 Å². The van der Waals surface area contributed by atoms with Gasteiger partial charge >= 0.3 is 5.97 Å². The fourth-order valence-corrected chi connectivity index (χ4v) is 3.98. The maximum atomic E-state index is 13.2.